The highest BCUT2D eigenvalue weighted by Crippen LogP contribution is 2.46. The van der Waals surface area contributed by atoms with E-state index in [4.69, 9.17) is 19.7 Å². The number of allylic oxidation sites excluding steroid dienone is 13. The number of aliphatic hydroxyl groups excluding tert-OH is 1. The van der Waals surface area contributed by atoms with Crippen molar-refractivity contribution in [3.8, 4) is 0 Å². The van der Waals surface area contributed by atoms with Crippen molar-refractivity contribution in [2.45, 2.75) is 153 Å². The van der Waals surface area contributed by atoms with Crippen molar-refractivity contribution in [2.24, 2.45) is 44.6 Å². The zero-order chi connectivity index (χ0) is 43.2. The van der Waals surface area contributed by atoms with Crippen LogP contribution in [0.5, 0.6) is 0 Å². The molecular formula is C53H72N4O3. The lowest BCUT2D eigenvalue weighted by Gasteiger charge is -2.17. The Hall–Kier alpha value is -4.52. The number of nitrogens with zero attached hydrogens (tertiary/aromatic N) is 3. The van der Waals surface area contributed by atoms with Gasteiger partial charge in [-0.3, -0.25) is 4.79 Å². The zero-order valence-corrected chi connectivity index (χ0v) is 38.5. The number of fused-ring (bicyclic) bond motifs is 5. The summed E-state index contributed by atoms with van der Waals surface area (Å²) in [6.45, 7) is 26.7. The molecule has 0 aromatic carbocycles. The van der Waals surface area contributed by atoms with E-state index in [1.165, 1.54) is 62.5 Å². The molecule has 2 N–H and O–H groups in total. The van der Waals surface area contributed by atoms with Gasteiger partial charge >= 0.3 is 5.97 Å². The second-order valence-corrected chi connectivity index (χ2v) is 18.9. The second kappa shape index (κ2) is 19.9. The average Bonchev–Trinajstić information content (AvgIpc) is 3.95. The van der Waals surface area contributed by atoms with Gasteiger partial charge in [-0.2, -0.15) is 0 Å². The molecule has 0 spiro atoms. The molecule has 322 valence electrons. The molecule has 8 bridgehead atoms. The first-order valence-electron chi connectivity index (χ1n) is 23.1. The lowest BCUT2D eigenvalue weighted by molar-refractivity contribution is -0.142. The highest BCUT2D eigenvalue weighted by Gasteiger charge is 2.41. The van der Waals surface area contributed by atoms with Gasteiger partial charge in [0.2, 0.25) is 0 Å². The number of hydrogen-bond acceptors (Lipinski definition) is 7. The number of nitrogens with one attached hydrogen (secondary N) is 1. The van der Waals surface area contributed by atoms with E-state index in [1.807, 2.05) is 13.0 Å². The Bertz CT molecular complexity index is 2130. The molecule has 0 aromatic heterocycles. The fourth-order valence-corrected chi connectivity index (χ4v) is 9.81. The van der Waals surface area contributed by atoms with Crippen molar-refractivity contribution in [2.75, 3.05) is 6.61 Å². The number of rotatable bonds is 19. The van der Waals surface area contributed by atoms with Gasteiger partial charge in [0.25, 0.3) is 0 Å². The van der Waals surface area contributed by atoms with Crippen LogP contribution < -0.4 is 5.32 Å². The lowest BCUT2D eigenvalue weighted by atomic mass is 9.86. The van der Waals surface area contributed by atoms with Crippen LogP contribution in [0.4, 0.5) is 0 Å². The third-order valence-electron chi connectivity index (χ3n) is 13.8. The second-order valence-electron chi connectivity index (χ2n) is 18.9. The van der Waals surface area contributed by atoms with Gasteiger partial charge in [-0.25, -0.2) is 15.0 Å². The molecule has 1 saturated heterocycles. The van der Waals surface area contributed by atoms with Gasteiger partial charge < -0.3 is 15.2 Å². The molecule has 6 aliphatic rings. The van der Waals surface area contributed by atoms with Gasteiger partial charge in [-0.15, -0.1) is 0 Å². The number of aliphatic hydroxyl groups is 1. The van der Waals surface area contributed by atoms with Crippen molar-refractivity contribution >= 4 is 23.1 Å². The molecule has 0 amide bonds. The van der Waals surface area contributed by atoms with Gasteiger partial charge in [0.05, 0.1) is 34.2 Å². The molecule has 0 aromatic rings. The van der Waals surface area contributed by atoms with Gasteiger partial charge in [0.1, 0.15) is 12.4 Å². The van der Waals surface area contributed by atoms with E-state index in [-0.39, 0.29) is 17.8 Å². The van der Waals surface area contributed by atoms with Crippen LogP contribution in [0.25, 0.3) is 0 Å². The number of hydrogen-bond donors (Lipinski definition) is 2. The van der Waals surface area contributed by atoms with E-state index >= 15 is 0 Å². The number of esters is 1. The summed E-state index contributed by atoms with van der Waals surface area (Å²) in [5.41, 5.74) is 15.6. The molecule has 0 saturated carbocycles. The molecule has 5 aliphatic heterocycles. The van der Waals surface area contributed by atoms with Crippen molar-refractivity contribution in [3.05, 3.63) is 116 Å². The fraction of sp³-hybridized carbons (Fsp3) is 0.547. The van der Waals surface area contributed by atoms with Crippen molar-refractivity contribution in [3.63, 3.8) is 0 Å². The van der Waals surface area contributed by atoms with E-state index in [2.05, 4.69) is 98.5 Å². The lowest BCUT2D eigenvalue weighted by Crippen LogP contribution is -2.16. The van der Waals surface area contributed by atoms with Gasteiger partial charge in [-0.1, -0.05) is 105 Å². The third kappa shape index (κ3) is 10.1. The number of ether oxygens (including phenoxy) is 1. The maximum atomic E-state index is 13.3. The molecule has 4 unspecified atom stereocenters. The highest BCUT2D eigenvalue weighted by molar-refractivity contribution is 6.21. The molecular weight excluding hydrogens is 741 g/mol. The summed E-state index contributed by atoms with van der Waals surface area (Å²) < 4.78 is 5.80. The van der Waals surface area contributed by atoms with Crippen LogP contribution >= 0.6 is 0 Å². The van der Waals surface area contributed by atoms with Crippen LogP contribution in [0.2, 0.25) is 0 Å². The molecule has 4 atom stereocenters. The molecule has 1 fully saturated rings. The Balaban J connectivity index is 1.12. The van der Waals surface area contributed by atoms with E-state index in [0.717, 1.165) is 110 Å². The predicted molar refractivity (Wildman–Crippen MR) is 251 cm³/mol. The summed E-state index contributed by atoms with van der Waals surface area (Å²) >= 11 is 0. The first-order chi connectivity index (χ1) is 28.7. The molecule has 5 heterocycles. The van der Waals surface area contributed by atoms with E-state index in [0.29, 0.717) is 31.6 Å². The zero-order valence-electron chi connectivity index (χ0n) is 38.5. The number of carbonyl (C=O) groups is 1. The SMILES string of the molecule is C=CC1=C(C)C2=NC1=CC1=NC(=CC3=C(C)C4=C(O)CC(=C5NC(=C2)C(C)C5CCC(=O)OC/C=C(\C)CCCC(C)CCCC(C)CCCC(C)C)C4=N3)C(CC)=C1C. The van der Waals surface area contributed by atoms with E-state index in [1.54, 1.807) is 0 Å². The van der Waals surface area contributed by atoms with Crippen LogP contribution in [0.3, 0.4) is 0 Å². The first-order valence-corrected chi connectivity index (χ1v) is 23.1. The maximum absolute atomic E-state index is 13.3. The number of aliphatic imine (C=N–C) groups is 3. The fourth-order valence-electron chi connectivity index (χ4n) is 9.81. The first kappa shape index (κ1) is 45.0. The predicted octanol–water partition coefficient (Wildman–Crippen LogP) is 13.6. The summed E-state index contributed by atoms with van der Waals surface area (Å²) in [6, 6.07) is 0. The molecule has 0 radical (unpaired) electrons. The Kier molecular flexibility index (Phi) is 14.9. The normalized spacial score (nSPS) is 22.4. The highest BCUT2D eigenvalue weighted by atomic mass is 16.5. The topological polar surface area (TPSA) is 95.6 Å². The van der Waals surface area contributed by atoms with Crippen LogP contribution in [0.1, 0.15) is 153 Å². The van der Waals surface area contributed by atoms with E-state index < -0.39 is 0 Å². The third-order valence-corrected chi connectivity index (χ3v) is 13.8. The minimum absolute atomic E-state index is 0.00146. The minimum Gasteiger partial charge on any atom is -0.511 e. The smallest absolute Gasteiger partial charge is 0.306 e. The molecule has 1 aliphatic carbocycles. The summed E-state index contributed by atoms with van der Waals surface area (Å²) in [4.78, 5) is 28.7. The van der Waals surface area contributed by atoms with Gasteiger partial charge in [-0.05, 0) is 118 Å². The summed E-state index contributed by atoms with van der Waals surface area (Å²) in [5, 5.41) is 15.2. The van der Waals surface area contributed by atoms with Crippen molar-refractivity contribution in [1.29, 1.82) is 0 Å². The monoisotopic (exact) mass is 813 g/mol. The summed E-state index contributed by atoms with van der Waals surface area (Å²) in [5.74, 6) is 2.61. The molecule has 7 nitrogen and oxygen atoms in total. The van der Waals surface area contributed by atoms with Crippen LogP contribution in [0.15, 0.2) is 131 Å². The van der Waals surface area contributed by atoms with Crippen LogP contribution in [0, 0.1) is 29.6 Å². The van der Waals surface area contributed by atoms with Gasteiger partial charge in [0.15, 0.2) is 0 Å². The van der Waals surface area contributed by atoms with E-state index in [9.17, 15) is 9.90 Å². The summed E-state index contributed by atoms with van der Waals surface area (Å²) in [6.07, 6.45) is 24.0. The number of carbonyl (C=O) groups excluding carboxylic acids is 1. The van der Waals surface area contributed by atoms with Crippen molar-refractivity contribution < 1.29 is 14.6 Å². The molecule has 6 rings (SSSR count). The van der Waals surface area contributed by atoms with Crippen LogP contribution in [-0.4, -0.2) is 34.8 Å². The Morgan fingerprint density at radius 2 is 1.57 bits per heavy atom. The van der Waals surface area contributed by atoms with Gasteiger partial charge in [0, 0.05) is 52.8 Å². The Morgan fingerprint density at radius 3 is 2.25 bits per heavy atom. The molecule has 7 heteroatoms. The quantitative estimate of drug-likeness (QED) is 0.100. The van der Waals surface area contributed by atoms with Crippen LogP contribution in [-0.2, 0) is 9.53 Å². The summed E-state index contributed by atoms with van der Waals surface area (Å²) in [7, 11) is 0. The Labute approximate surface area is 361 Å². The Morgan fingerprint density at radius 1 is 0.900 bits per heavy atom. The maximum Gasteiger partial charge on any atom is 0.306 e. The largest absolute Gasteiger partial charge is 0.511 e. The molecule has 60 heavy (non-hydrogen) atoms. The standard InChI is InChI=1S/C53H72N4O3/c1-12-39-35(8)43-28-45-37(10)41(23-24-50(59)60-26-25-34(7)22-16-21-33(6)20-15-19-32(5)18-14-17-31(3)4)52(56-45)42-27-49(58)51-38(11)46(57-53(42)51)30-48-40(13-2)36(9)44(55-48)29-47(39)54-43/h12,25,28-33,37,41,56,58H,1,13-24,26-27H2,2-11H3/b34-25+,45-28?,47-29?,48-30?,52-42?. The minimum atomic E-state index is -0.188. The van der Waals surface area contributed by atoms with Crippen molar-refractivity contribution in [1.82, 2.24) is 5.32 Å². The average molecular weight is 813 g/mol.